The minimum Gasteiger partial charge on any atom is -0.494 e. The summed E-state index contributed by atoms with van der Waals surface area (Å²) >= 11 is 12.8. The fourth-order valence-electron chi connectivity index (χ4n) is 2.99. The van der Waals surface area contributed by atoms with Crippen LogP contribution in [0.2, 0.25) is 10.2 Å². The summed E-state index contributed by atoms with van der Waals surface area (Å²) in [5.41, 5.74) is 1.64. The van der Waals surface area contributed by atoms with Gasteiger partial charge < -0.3 is 14.4 Å². The van der Waals surface area contributed by atoms with Crippen molar-refractivity contribution in [2.45, 2.75) is 59.4 Å². The second-order valence-corrected chi connectivity index (χ2v) is 7.72. The Morgan fingerprint density at radius 2 is 2.04 bits per heavy atom. The molecule has 1 atom stereocenters. The molecule has 0 aliphatic rings. The maximum atomic E-state index is 11.3. The highest BCUT2D eigenvalue weighted by Crippen LogP contribution is 2.27. The predicted molar refractivity (Wildman–Crippen MR) is 113 cm³/mol. The number of nitrogens with zero attached hydrogens (tertiary/aromatic N) is 2. The smallest absolute Gasteiger partial charge is 0.306 e. The van der Waals surface area contributed by atoms with Gasteiger partial charge in [-0.25, -0.2) is 4.98 Å². The molecule has 1 N–H and O–H groups in total. The molecule has 0 aliphatic carbocycles. The van der Waals surface area contributed by atoms with Crippen LogP contribution in [0.3, 0.4) is 0 Å². The van der Waals surface area contributed by atoms with E-state index in [1.165, 1.54) is 0 Å². The van der Waals surface area contributed by atoms with Gasteiger partial charge in [-0.1, -0.05) is 62.9 Å². The summed E-state index contributed by atoms with van der Waals surface area (Å²) in [5.74, 6) is 0.161. The number of benzene rings is 1. The Balaban J connectivity index is 2.21. The quantitative estimate of drug-likeness (QED) is 0.472. The van der Waals surface area contributed by atoms with Crippen LogP contribution >= 0.6 is 23.2 Å². The normalized spacial score (nSPS) is 12.2. The molecule has 1 heterocycles. The lowest BCUT2D eigenvalue weighted by atomic mass is 10.1. The van der Waals surface area contributed by atoms with Gasteiger partial charge in [-0.2, -0.15) is 0 Å². The van der Waals surface area contributed by atoms with Crippen LogP contribution in [0.1, 0.15) is 57.1 Å². The lowest BCUT2D eigenvalue weighted by Gasteiger charge is -2.15. The summed E-state index contributed by atoms with van der Waals surface area (Å²) < 4.78 is 7.73. The maximum absolute atomic E-state index is 11.3. The van der Waals surface area contributed by atoms with E-state index < -0.39 is 11.9 Å². The first-order chi connectivity index (χ1) is 13.4. The van der Waals surface area contributed by atoms with E-state index >= 15 is 0 Å². The molecule has 2 rings (SSSR count). The van der Waals surface area contributed by atoms with E-state index in [9.17, 15) is 9.90 Å². The van der Waals surface area contributed by atoms with Gasteiger partial charge in [0.2, 0.25) is 0 Å². The molecule has 0 radical (unpaired) electrons. The Hall–Kier alpha value is -1.72. The lowest BCUT2D eigenvalue weighted by Crippen LogP contribution is -2.16. The Morgan fingerprint density at radius 3 is 2.64 bits per heavy atom. The molecule has 5 nitrogen and oxygen atoms in total. The minimum atomic E-state index is -0.857. The minimum absolute atomic E-state index is 0.317. The number of hydrogen-bond donors (Lipinski definition) is 1. The summed E-state index contributed by atoms with van der Waals surface area (Å²) in [6, 6.07) is 5.68. The van der Waals surface area contributed by atoms with Gasteiger partial charge in [0, 0.05) is 17.9 Å². The Labute approximate surface area is 176 Å². The summed E-state index contributed by atoms with van der Waals surface area (Å²) in [4.78, 5) is 15.7. The van der Waals surface area contributed by atoms with Gasteiger partial charge >= 0.3 is 5.97 Å². The third-order valence-corrected chi connectivity index (χ3v) is 5.36. The number of unbranched alkanes of at least 4 members (excludes halogenated alkanes) is 2. The van der Waals surface area contributed by atoms with E-state index in [1.54, 1.807) is 6.92 Å². The number of rotatable bonds is 11. The van der Waals surface area contributed by atoms with Crippen molar-refractivity contribution < 1.29 is 14.6 Å². The van der Waals surface area contributed by atoms with Crippen LogP contribution < -0.4 is 4.74 Å². The third kappa shape index (κ3) is 5.89. The fraction of sp³-hybridized carbons (Fsp3) is 0.524. The highest BCUT2D eigenvalue weighted by Gasteiger charge is 2.21. The largest absolute Gasteiger partial charge is 0.494 e. The van der Waals surface area contributed by atoms with Crippen LogP contribution in [-0.4, -0.2) is 27.2 Å². The molecule has 7 heteroatoms. The van der Waals surface area contributed by atoms with Crippen LogP contribution in [0.5, 0.6) is 5.75 Å². The first-order valence-electron chi connectivity index (χ1n) is 9.75. The van der Waals surface area contributed by atoms with Crippen LogP contribution in [0.4, 0.5) is 0 Å². The standard InChI is InChI=1S/C21H28Cl2N2O3/c1-4-6-7-10-28-16-9-8-15(17(22)12-16)13-25-18(11-14(3)21(26)27)20(23)24-19(25)5-2/h8-9,12,14H,4-7,10-11,13H2,1-3H3,(H,26,27). The van der Waals surface area contributed by atoms with Gasteiger partial charge in [0.15, 0.2) is 5.15 Å². The van der Waals surface area contributed by atoms with E-state index in [0.29, 0.717) is 36.2 Å². The Bertz CT molecular complexity index is 805. The van der Waals surface area contributed by atoms with Gasteiger partial charge in [0.1, 0.15) is 11.6 Å². The molecule has 154 valence electrons. The first-order valence-corrected chi connectivity index (χ1v) is 10.5. The van der Waals surface area contributed by atoms with E-state index in [-0.39, 0.29) is 0 Å². The van der Waals surface area contributed by atoms with Crippen LogP contribution in [0, 0.1) is 5.92 Å². The molecule has 0 saturated carbocycles. The molecule has 0 saturated heterocycles. The monoisotopic (exact) mass is 426 g/mol. The number of imidazole rings is 1. The number of carbonyl (C=O) groups is 1. The van der Waals surface area contributed by atoms with Crippen molar-refractivity contribution >= 4 is 29.2 Å². The van der Waals surface area contributed by atoms with Crippen LogP contribution in [-0.2, 0) is 24.2 Å². The molecule has 2 aromatic rings. The highest BCUT2D eigenvalue weighted by atomic mass is 35.5. The number of aromatic nitrogens is 2. The van der Waals surface area contributed by atoms with Crippen LogP contribution in [0.25, 0.3) is 0 Å². The fourth-order valence-corrected chi connectivity index (χ4v) is 3.50. The third-order valence-electron chi connectivity index (χ3n) is 4.71. The second kappa shape index (κ2) is 10.7. The van der Waals surface area contributed by atoms with Gasteiger partial charge in [0.25, 0.3) is 0 Å². The van der Waals surface area contributed by atoms with E-state index in [0.717, 1.165) is 42.1 Å². The van der Waals surface area contributed by atoms with Crippen molar-refractivity contribution in [2.24, 2.45) is 5.92 Å². The SMILES string of the molecule is CCCCCOc1ccc(Cn2c(CC)nc(Cl)c2CC(C)C(=O)O)c(Cl)c1. The van der Waals surface area contributed by atoms with Crippen molar-refractivity contribution in [3.8, 4) is 5.75 Å². The summed E-state index contributed by atoms with van der Waals surface area (Å²) in [6.07, 6.45) is 4.33. The predicted octanol–water partition coefficient (Wildman–Crippen LogP) is 5.63. The van der Waals surface area contributed by atoms with E-state index in [4.69, 9.17) is 27.9 Å². The topological polar surface area (TPSA) is 64.4 Å². The average molecular weight is 427 g/mol. The number of aliphatic carboxylic acids is 1. The molecular formula is C21H28Cl2N2O3. The zero-order valence-corrected chi connectivity index (χ0v) is 18.2. The first kappa shape index (κ1) is 22.6. The van der Waals surface area contributed by atoms with Crippen molar-refractivity contribution in [3.63, 3.8) is 0 Å². The molecular weight excluding hydrogens is 399 g/mol. The van der Waals surface area contributed by atoms with Crippen molar-refractivity contribution in [2.75, 3.05) is 6.61 Å². The number of halogens is 2. The van der Waals surface area contributed by atoms with Gasteiger partial charge in [-0.05, 0) is 24.1 Å². The van der Waals surface area contributed by atoms with E-state index in [2.05, 4.69) is 11.9 Å². The Kier molecular flexibility index (Phi) is 8.64. The molecule has 0 fully saturated rings. The lowest BCUT2D eigenvalue weighted by molar-refractivity contribution is -0.141. The van der Waals surface area contributed by atoms with Crippen molar-refractivity contribution in [3.05, 3.63) is 45.5 Å². The average Bonchev–Trinajstić information content (AvgIpc) is 2.95. The molecule has 0 amide bonds. The van der Waals surface area contributed by atoms with Crippen molar-refractivity contribution in [1.29, 1.82) is 0 Å². The van der Waals surface area contributed by atoms with Crippen molar-refractivity contribution in [1.82, 2.24) is 9.55 Å². The number of ether oxygens (including phenoxy) is 1. The van der Waals surface area contributed by atoms with Gasteiger partial charge in [-0.15, -0.1) is 0 Å². The summed E-state index contributed by atoms with van der Waals surface area (Å²) in [7, 11) is 0. The number of carboxylic acids is 1. The Morgan fingerprint density at radius 1 is 1.29 bits per heavy atom. The molecule has 28 heavy (non-hydrogen) atoms. The zero-order valence-electron chi connectivity index (χ0n) is 16.7. The zero-order chi connectivity index (χ0) is 20.7. The maximum Gasteiger partial charge on any atom is 0.306 e. The molecule has 0 aliphatic heterocycles. The molecule has 1 unspecified atom stereocenters. The number of hydrogen-bond acceptors (Lipinski definition) is 3. The number of aryl methyl sites for hydroxylation is 1. The summed E-state index contributed by atoms with van der Waals surface area (Å²) in [5, 5.41) is 10.2. The summed E-state index contributed by atoms with van der Waals surface area (Å²) in [6.45, 7) is 6.98. The van der Waals surface area contributed by atoms with Gasteiger partial charge in [-0.3, -0.25) is 4.79 Å². The molecule has 0 bridgehead atoms. The van der Waals surface area contributed by atoms with Gasteiger partial charge in [0.05, 0.1) is 24.8 Å². The molecule has 1 aromatic heterocycles. The van der Waals surface area contributed by atoms with Crippen LogP contribution in [0.15, 0.2) is 18.2 Å². The second-order valence-electron chi connectivity index (χ2n) is 6.96. The van der Waals surface area contributed by atoms with E-state index in [1.807, 2.05) is 29.7 Å². The molecule has 1 aromatic carbocycles. The molecule has 0 spiro atoms. The number of carboxylic acid groups (broad SMARTS) is 1. The highest BCUT2D eigenvalue weighted by molar-refractivity contribution is 6.31.